The second-order valence-corrected chi connectivity index (χ2v) is 10.6. The van der Waals surface area contributed by atoms with Gasteiger partial charge >= 0.3 is 0 Å². The van der Waals surface area contributed by atoms with Crippen molar-refractivity contribution in [3.05, 3.63) is 42.4 Å². The molecule has 2 aliphatic rings. The number of pyridine rings is 1. The van der Waals surface area contributed by atoms with Crippen LogP contribution in [-0.2, 0) is 9.73 Å². The van der Waals surface area contributed by atoms with E-state index in [1.807, 2.05) is 31.2 Å². The zero-order chi connectivity index (χ0) is 21.3. The van der Waals surface area contributed by atoms with Crippen LogP contribution in [0.5, 0.6) is 5.88 Å². The second-order valence-electron chi connectivity index (χ2n) is 8.07. The summed E-state index contributed by atoms with van der Waals surface area (Å²) in [5, 5.41) is 7.59. The van der Waals surface area contributed by atoms with Gasteiger partial charge in [-0.3, -0.25) is 0 Å². The third-order valence-corrected chi connectivity index (χ3v) is 8.08. The van der Waals surface area contributed by atoms with Gasteiger partial charge in [0.2, 0.25) is 5.88 Å². The van der Waals surface area contributed by atoms with Gasteiger partial charge in [0.15, 0.2) is 0 Å². The van der Waals surface area contributed by atoms with Crippen LogP contribution in [0, 0.1) is 6.92 Å². The molecule has 2 fully saturated rings. The molecule has 0 bridgehead atoms. The highest BCUT2D eigenvalue weighted by Crippen LogP contribution is 2.33. The molecule has 1 aromatic carbocycles. The summed E-state index contributed by atoms with van der Waals surface area (Å²) in [6.07, 6.45) is 6.29. The summed E-state index contributed by atoms with van der Waals surface area (Å²) in [6, 6.07) is 7.66. The number of ether oxygens (including phenoxy) is 1. The first kappa shape index (κ1) is 20.1. The summed E-state index contributed by atoms with van der Waals surface area (Å²) in [5.41, 5.74) is 3.23. The second kappa shape index (κ2) is 8.39. The molecule has 2 aliphatic heterocycles. The lowest BCUT2D eigenvalue weighted by Crippen LogP contribution is -2.20. The number of aryl methyl sites for hydroxylation is 1. The van der Waals surface area contributed by atoms with Gasteiger partial charge in [0, 0.05) is 29.6 Å². The highest BCUT2D eigenvalue weighted by atomic mass is 32.2. The molecule has 0 amide bonds. The molecule has 2 N–H and O–H groups in total. The van der Waals surface area contributed by atoms with Gasteiger partial charge in [-0.05, 0) is 62.6 Å². The van der Waals surface area contributed by atoms with E-state index in [1.54, 1.807) is 6.20 Å². The summed E-state index contributed by atoms with van der Waals surface area (Å²) in [4.78, 5) is 13.3. The minimum Gasteiger partial charge on any atom is -0.471 e. The van der Waals surface area contributed by atoms with Crippen molar-refractivity contribution in [2.24, 2.45) is 4.36 Å². The van der Waals surface area contributed by atoms with E-state index in [0.29, 0.717) is 23.2 Å². The fourth-order valence-electron chi connectivity index (χ4n) is 4.16. The first-order valence-corrected chi connectivity index (χ1v) is 12.5. The molecular weight excluding hydrogens is 412 g/mol. The molecule has 0 aliphatic carbocycles. The normalized spacial score (nSPS) is 20.1. The van der Waals surface area contributed by atoms with Crippen molar-refractivity contribution >= 4 is 37.8 Å². The third kappa shape index (κ3) is 4.33. The fraction of sp³-hybridized carbons (Fsp3) is 0.409. The van der Waals surface area contributed by atoms with Crippen molar-refractivity contribution in [3.63, 3.8) is 0 Å². The van der Waals surface area contributed by atoms with E-state index in [4.69, 9.17) is 4.74 Å². The molecule has 5 rings (SSSR count). The molecule has 8 nitrogen and oxygen atoms in total. The van der Waals surface area contributed by atoms with Gasteiger partial charge in [-0.25, -0.2) is 19.2 Å². The number of rotatable bonds is 5. The van der Waals surface area contributed by atoms with Crippen molar-refractivity contribution < 1.29 is 8.95 Å². The topological polar surface area (TPSA) is 101 Å². The molecule has 31 heavy (non-hydrogen) atoms. The highest BCUT2D eigenvalue weighted by Gasteiger charge is 2.20. The molecule has 2 saturated heterocycles. The monoisotopic (exact) mass is 438 g/mol. The number of nitrogens with one attached hydrogen (secondary N) is 2. The van der Waals surface area contributed by atoms with Crippen LogP contribution in [0.2, 0.25) is 0 Å². The number of hydrogen-bond acceptors (Lipinski definition) is 8. The Morgan fingerprint density at radius 1 is 1.23 bits per heavy atom. The largest absolute Gasteiger partial charge is 0.471 e. The van der Waals surface area contributed by atoms with Crippen molar-refractivity contribution in [1.82, 2.24) is 20.3 Å². The van der Waals surface area contributed by atoms with Gasteiger partial charge in [0.1, 0.15) is 23.9 Å². The number of anilines is 2. The van der Waals surface area contributed by atoms with Crippen LogP contribution in [0.25, 0.3) is 10.9 Å². The Morgan fingerprint density at radius 3 is 2.90 bits per heavy atom. The lowest BCUT2D eigenvalue weighted by Gasteiger charge is -2.16. The molecule has 0 radical (unpaired) electrons. The Labute approximate surface area is 182 Å². The number of hydrogen-bond donors (Lipinski definition) is 2. The van der Waals surface area contributed by atoms with Gasteiger partial charge in [-0.1, -0.05) is 0 Å². The Morgan fingerprint density at radius 2 is 2.10 bits per heavy atom. The number of nitrogens with zero attached hydrogens (tertiary/aromatic N) is 4. The Kier molecular flexibility index (Phi) is 5.45. The minimum absolute atomic E-state index is 0.112. The lowest BCUT2D eigenvalue weighted by molar-refractivity contribution is 0.215. The maximum Gasteiger partial charge on any atom is 0.238 e. The number of fused-ring (bicyclic) bond motifs is 1. The zero-order valence-corrected chi connectivity index (χ0v) is 18.3. The first-order chi connectivity index (χ1) is 15.1. The van der Waals surface area contributed by atoms with E-state index in [0.717, 1.165) is 60.2 Å². The predicted octanol–water partition coefficient (Wildman–Crippen LogP) is 3.71. The summed E-state index contributed by atoms with van der Waals surface area (Å²) in [5.74, 6) is 2.61. The molecular formula is C22H26N6O2S. The van der Waals surface area contributed by atoms with Crippen LogP contribution in [0.15, 0.2) is 41.2 Å². The van der Waals surface area contributed by atoms with Crippen LogP contribution in [0.3, 0.4) is 0 Å². The quantitative estimate of drug-likeness (QED) is 0.626. The van der Waals surface area contributed by atoms with E-state index in [9.17, 15) is 4.21 Å². The molecule has 162 valence electrons. The molecule has 1 unspecified atom stereocenters. The molecule has 4 heterocycles. The van der Waals surface area contributed by atoms with Gasteiger partial charge in [0.05, 0.1) is 20.9 Å². The van der Waals surface area contributed by atoms with E-state index >= 15 is 0 Å². The van der Waals surface area contributed by atoms with Crippen molar-refractivity contribution in [2.45, 2.75) is 32.3 Å². The van der Waals surface area contributed by atoms with Crippen LogP contribution in [-0.4, -0.2) is 49.9 Å². The van der Waals surface area contributed by atoms with Gasteiger partial charge in [-0.2, -0.15) is 4.36 Å². The molecule has 0 spiro atoms. The maximum absolute atomic E-state index is 12.9. The molecule has 3 aromatic rings. The van der Waals surface area contributed by atoms with Crippen molar-refractivity contribution in [1.29, 1.82) is 0 Å². The Hall–Kier alpha value is -2.78. The van der Waals surface area contributed by atoms with E-state index < -0.39 is 9.73 Å². The summed E-state index contributed by atoms with van der Waals surface area (Å²) < 4.78 is 23.5. The fourth-order valence-corrected chi connectivity index (χ4v) is 6.34. The van der Waals surface area contributed by atoms with E-state index in [-0.39, 0.29) is 6.10 Å². The molecule has 9 heteroatoms. The average Bonchev–Trinajstić information content (AvgIpc) is 3.41. The molecule has 2 aromatic heterocycles. The van der Waals surface area contributed by atoms with Crippen molar-refractivity contribution in [3.8, 4) is 5.88 Å². The van der Waals surface area contributed by atoms with Crippen LogP contribution < -0.4 is 15.4 Å². The SMILES string of the molecule is Cc1cc(N=S2(=O)CCCC2)cc2ncnc(Nc3cccnc3OC3CCNC3)c12. The van der Waals surface area contributed by atoms with Crippen molar-refractivity contribution in [2.75, 3.05) is 29.9 Å². The van der Waals surface area contributed by atoms with Gasteiger partial charge in [-0.15, -0.1) is 0 Å². The van der Waals surface area contributed by atoms with Crippen LogP contribution in [0.1, 0.15) is 24.8 Å². The maximum atomic E-state index is 12.9. The lowest BCUT2D eigenvalue weighted by atomic mass is 10.1. The first-order valence-electron chi connectivity index (χ1n) is 10.7. The van der Waals surface area contributed by atoms with Gasteiger partial charge in [0.25, 0.3) is 0 Å². The Balaban J connectivity index is 1.49. The third-order valence-electron chi connectivity index (χ3n) is 5.69. The number of benzene rings is 1. The summed E-state index contributed by atoms with van der Waals surface area (Å²) in [7, 11) is -2.13. The average molecular weight is 439 g/mol. The highest BCUT2D eigenvalue weighted by molar-refractivity contribution is 7.93. The minimum atomic E-state index is -2.13. The molecule has 1 atom stereocenters. The van der Waals surface area contributed by atoms with E-state index in [1.165, 1.54) is 6.33 Å². The molecule has 0 saturated carbocycles. The summed E-state index contributed by atoms with van der Waals surface area (Å²) >= 11 is 0. The number of aromatic nitrogens is 3. The summed E-state index contributed by atoms with van der Waals surface area (Å²) in [6.45, 7) is 3.78. The van der Waals surface area contributed by atoms with E-state index in [2.05, 4.69) is 29.9 Å². The zero-order valence-electron chi connectivity index (χ0n) is 17.5. The van der Waals surface area contributed by atoms with Crippen LogP contribution in [0.4, 0.5) is 17.2 Å². The van der Waals surface area contributed by atoms with Gasteiger partial charge < -0.3 is 15.4 Å². The smallest absolute Gasteiger partial charge is 0.238 e. The standard InChI is InChI=1S/C22H26N6O2S/c1-15-11-16(28-31(29)9-2-3-10-31)12-19-20(15)21(26-14-25-19)27-18-5-4-7-24-22(18)30-17-6-8-23-13-17/h4-5,7,11-12,14,17,23H,2-3,6,8-10,13H2,1H3,(H,25,26,27). The van der Waals surface area contributed by atoms with Crippen LogP contribution >= 0.6 is 0 Å². The predicted molar refractivity (Wildman–Crippen MR) is 123 cm³/mol. The Bertz CT molecular complexity index is 1220.